The van der Waals surface area contributed by atoms with Gasteiger partial charge in [0, 0.05) is 27.3 Å². The van der Waals surface area contributed by atoms with Crippen molar-refractivity contribution in [2.45, 2.75) is 12.1 Å². The Labute approximate surface area is 201 Å². The Morgan fingerprint density at radius 3 is 2.41 bits per heavy atom. The predicted octanol–water partition coefficient (Wildman–Crippen LogP) is 5.51. The molecule has 0 amide bonds. The fourth-order valence-electron chi connectivity index (χ4n) is 4.77. The van der Waals surface area contributed by atoms with Gasteiger partial charge in [-0.3, -0.25) is 0 Å². The van der Waals surface area contributed by atoms with E-state index in [1.165, 1.54) is 0 Å². The Balaban J connectivity index is 1.67. The topological polar surface area (TPSA) is 70.4 Å². The van der Waals surface area contributed by atoms with Crippen molar-refractivity contribution in [2.24, 2.45) is 0 Å². The van der Waals surface area contributed by atoms with Crippen molar-refractivity contribution in [1.29, 1.82) is 0 Å². The van der Waals surface area contributed by atoms with Gasteiger partial charge in [0.15, 0.2) is 6.10 Å². The van der Waals surface area contributed by atoms with Crippen molar-refractivity contribution < 1.29 is 14.2 Å². The van der Waals surface area contributed by atoms with Crippen LogP contribution in [0.25, 0.3) is 5.70 Å². The van der Waals surface area contributed by atoms with Gasteiger partial charge in [0.2, 0.25) is 5.95 Å². The van der Waals surface area contributed by atoms with Crippen molar-refractivity contribution in [3.63, 3.8) is 0 Å². The number of hydrogen-bond acceptors (Lipinski definition) is 6. The maximum absolute atomic E-state index is 6.66. The first-order chi connectivity index (χ1) is 16.7. The molecule has 3 aromatic carbocycles. The minimum Gasteiger partial charge on any atom is -0.496 e. The third-order valence-corrected chi connectivity index (χ3v) is 6.47. The molecule has 6 rings (SSSR count). The van der Waals surface area contributed by atoms with Gasteiger partial charge in [0.1, 0.15) is 29.6 Å². The van der Waals surface area contributed by atoms with E-state index in [-0.39, 0.29) is 6.04 Å². The van der Waals surface area contributed by atoms with Crippen LogP contribution in [0.1, 0.15) is 28.8 Å². The summed E-state index contributed by atoms with van der Waals surface area (Å²) in [5.41, 5.74) is 4.56. The summed E-state index contributed by atoms with van der Waals surface area (Å²) in [6.45, 7) is 0. The predicted molar refractivity (Wildman–Crippen MR) is 130 cm³/mol. The molecule has 1 aromatic heterocycles. The molecule has 170 valence electrons. The number of fused-ring (bicyclic) bond motifs is 3. The normalized spacial score (nSPS) is 18.2. The summed E-state index contributed by atoms with van der Waals surface area (Å²) < 4.78 is 20.0. The summed E-state index contributed by atoms with van der Waals surface area (Å²) in [5, 5.41) is 8.67. The zero-order chi connectivity index (χ0) is 23.2. The molecule has 0 saturated heterocycles. The van der Waals surface area contributed by atoms with E-state index in [0.29, 0.717) is 11.0 Å². The Bertz CT molecular complexity index is 1430. The smallest absolute Gasteiger partial charge is 0.226 e. The lowest BCUT2D eigenvalue weighted by Crippen LogP contribution is -2.32. The van der Waals surface area contributed by atoms with E-state index < -0.39 is 6.10 Å². The van der Waals surface area contributed by atoms with Gasteiger partial charge < -0.3 is 19.5 Å². The molecule has 0 unspecified atom stereocenters. The zero-order valence-corrected chi connectivity index (χ0v) is 19.3. The molecule has 2 atom stereocenters. The molecule has 7 nitrogen and oxygen atoms in total. The summed E-state index contributed by atoms with van der Waals surface area (Å²) in [6, 6.07) is 21.1. The molecule has 0 fully saturated rings. The van der Waals surface area contributed by atoms with Crippen LogP contribution in [0, 0.1) is 0 Å². The van der Waals surface area contributed by atoms with Crippen LogP contribution in [-0.2, 0) is 0 Å². The summed E-state index contributed by atoms with van der Waals surface area (Å²) in [5.74, 6) is 2.83. The second kappa shape index (κ2) is 8.11. The van der Waals surface area contributed by atoms with Gasteiger partial charge in [-0.2, -0.15) is 10.1 Å². The molecular formula is C26H21ClN4O3. The van der Waals surface area contributed by atoms with E-state index >= 15 is 0 Å². The second-order valence-electron chi connectivity index (χ2n) is 8.01. The fourth-order valence-corrected chi connectivity index (χ4v) is 4.95. The molecular weight excluding hydrogens is 452 g/mol. The summed E-state index contributed by atoms with van der Waals surface area (Å²) in [6.07, 6.45) is 1.08. The van der Waals surface area contributed by atoms with Crippen molar-refractivity contribution in [3.8, 4) is 17.2 Å². The molecule has 0 radical (unpaired) electrons. The number of hydrogen-bond donors (Lipinski definition) is 1. The summed E-state index contributed by atoms with van der Waals surface area (Å²) in [4.78, 5) is 4.47. The molecule has 8 heteroatoms. The summed E-state index contributed by atoms with van der Waals surface area (Å²) >= 11 is 6.41. The van der Waals surface area contributed by atoms with E-state index in [2.05, 4.69) is 15.4 Å². The number of halogens is 1. The van der Waals surface area contributed by atoms with Crippen LogP contribution in [0.5, 0.6) is 17.2 Å². The Hall–Kier alpha value is -3.97. The van der Waals surface area contributed by atoms with E-state index in [0.717, 1.165) is 45.2 Å². The highest BCUT2D eigenvalue weighted by Crippen LogP contribution is 2.53. The van der Waals surface area contributed by atoms with Crippen molar-refractivity contribution in [2.75, 3.05) is 19.5 Å². The number of aromatic nitrogens is 3. The van der Waals surface area contributed by atoms with Gasteiger partial charge >= 0.3 is 0 Å². The van der Waals surface area contributed by atoms with Crippen molar-refractivity contribution in [1.82, 2.24) is 14.8 Å². The van der Waals surface area contributed by atoms with Gasteiger partial charge in [-0.05, 0) is 30.3 Å². The van der Waals surface area contributed by atoms with Crippen molar-refractivity contribution >= 4 is 23.2 Å². The van der Waals surface area contributed by atoms with Crippen LogP contribution in [0.3, 0.4) is 0 Å². The van der Waals surface area contributed by atoms with E-state index in [4.69, 9.17) is 25.8 Å². The SMILES string of the molecule is COc1ccccc1[C@@H]1Oc2ccc(Cl)cc2C2=C1[C@@H](c1ccccc1OC)n1ncnc1N2. The lowest BCUT2D eigenvalue weighted by molar-refractivity contribution is 0.217. The first kappa shape index (κ1) is 20.6. The average molecular weight is 473 g/mol. The zero-order valence-electron chi connectivity index (χ0n) is 18.5. The average Bonchev–Trinajstić information content (AvgIpc) is 3.35. The maximum atomic E-state index is 6.66. The van der Waals surface area contributed by atoms with Gasteiger partial charge in [-0.15, -0.1) is 0 Å². The number of nitrogens with one attached hydrogen (secondary N) is 1. The maximum Gasteiger partial charge on any atom is 0.226 e. The summed E-state index contributed by atoms with van der Waals surface area (Å²) in [7, 11) is 3.33. The third kappa shape index (κ3) is 3.12. The standard InChI is InChI=1S/C26H21ClN4O3/c1-32-19-9-5-3-7-16(19)24-22-23(30-26-28-14-29-31(24)26)18-13-15(27)11-12-21(18)34-25(22)17-8-4-6-10-20(17)33-2/h3-14,24-25H,1-2H3,(H,28,29,30)/t24-,25+/m1/s1. The Morgan fingerprint density at radius 1 is 0.941 bits per heavy atom. The first-order valence-corrected chi connectivity index (χ1v) is 11.2. The molecule has 3 heterocycles. The van der Waals surface area contributed by atoms with Crippen LogP contribution in [0.4, 0.5) is 5.95 Å². The van der Waals surface area contributed by atoms with Crippen molar-refractivity contribution in [3.05, 3.63) is 100 Å². The fraction of sp³-hybridized carbons (Fsp3) is 0.154. The van der Waals surface area contributed by atoms with E-state index in [1.54, 1.807) is 20.5 Å². The van der Waals surface area contributed by atoms with Crippen LogP contribution in [0.2, 0.25) is 5.02 Å². The largest absolute Gasteiger partial charge is 0.496 e. The highest BCUT2D eigenvalue weighted by molar-refractivity contribution is 6.30. The molecule has 2 aliphatic heterocycles. The highest BCUT2D eigenvalue weighted by Gasteiger charge is 2.42. The van der Waals surface area contributed by atoms with Crippen LogP contribution in [-0.4, -0.2) is 29.0 Å². The number of nitrogens with zero attached hydrogens (tertiary/aromatic N) is 3. The van der Waals surface area contributed by atoms with Crippen LogP contribution < -0.4 is 19.5 Å². The Kier molecular flexibility index (Phi) is 4.92. The number of rotatable bonds is 4. The first-order valence-electron chi connectivity index (χ1n) is 10.8. The van der Waals surface area contributed by atoms with Gasteiger partial charge in [-0.1, -0.05) is 48.0 Å². The number of ether oxygens (including phenoxy) is 3. The minimum atomic E-state index is -0.459. The third-order valence-electron chi connectivity index (χ3n) is 6.23. The quantitative estimate of drug-likeness (QED) is 0.422. The molecule has 4 aromatic rings. The van der Waals surface area contributed by atoms with Crippen LogP contribution >= 0.6 is 11.6 Å². The molecule has 0 spiro atoms. The highest BCUT2D eigenvalue weighted by atomic mass is 35.5. The molecule has 2 aliphatic rings. The van der Waals surface area contributed by atoms with Crippen LogP contribution in [0.15, 0.2) is 78.6 Å². The van der Waals surface area contributed by atoms with Gasteiger partial charge in [-0.25, -0.2) is 4.68 Å². The minimum absolute atomic E-state index is 0.341. The number of methoxy groups -OCH3 is 2. The monoisotopic (exact) mass is 472 g/mol. The second-order valence-corrected chi connectivity index (χ2v) is 8.44. The van der Waals surface area contributed by atoms with E-state index in [1.807, 2.05) is 71.4 Å². The molecule has 0 aliphatic carbocycles. The van der Waals surface area contributed by atoms with E-state index in [9.17, 15) is 0 Å². The molecule has 0 saturated carbocycles. The molecule has 1 N–H and O–H groups in total. The number of anilines is 1. The molecule has 34 heavy (non-hydrogen) atoms. The molecule has 0 bridgehead atoms. The Morgan fingerprint density at radius 2 is 1.65 bits per heavy atom. The lowest BCUT2D eigenvalue weighted by Gasteiger charge is -2.39. The lowest BCUT2D eigenvalue weighted by atomic mass is 9.84. The number of benzene rings is 3. The van der Waals surface area contributed by atoms with Gasteiger partial charge in [0.25, 0.3) is 0 Å². The van der Waals surface area contributed by atoms with Gasteiger partial charge in [0.05, 0.1) is 19.9 Å². The number of para-hydroxylation sites is 2.